The second-order valence-electron chi connectivity index (χ2n) is 3.00. The molecule has 0 amide bonds. The van der Waals surface area contributed by atoms with E-state index in [1.54, 1.807) is 0 Å². The highest BCUT2D eigenvalue weighted by Gasteiger charge is 2.20. The summed E-state index contributed by atoms with van der Waals surface area (Å²) in [5.41, 5.74) is -0.387. The minimum Gasteiger partial charge on any atom is -0.505 e. The number of pyridine rings is 1. The Morgan fingerprint density at radius 2 is 2.19 bits per heavy atom. The average Bonchev–Trinajstić information content (AvgIpc) is 2.16. The van der Waals surface area contributed by atoms with Crippen molar-refractivity contribution in [2.75, 3.05) is 0 Å². The normalized spacial score (nSPS) is 10.8. The summed E-state index contributed by atoms with van der Waals surface area (Å²) >= 11 is 3.01. The number of aliphatic carboxylic acids is 1. The Morgan fingerprint density at radius 3 is 2.62 bits per heavy atom. The van der Waals surface area contributed by atoms with Crippen molar-refractivity contribution in [3.05, 3.63) is 23.0 Å². The van der Waals surface area contributed by atoms with Crippen LogP contribution in [0.5, 0.6) is 5.75 Å². The average molecular weight is 296 g/mol. The zero-order valence-corrected chi connectivity index (χ0v) is 9.54. The van der Waals surface area contributed by atoms with Gasteiger partial charge in [-0.15, -0.1) is 0 Å². The molecule has 1 aromatic rings. The van der Waals surface area contributed by atoms with Crippen molar-refractivity contribution in [3.63, 3.8) is 0 Å². The molecule has 16 heavy (non-hydrogen) atoms. The molecule has 0 aromatic carbocycles. The minimum atomic E-state index is -2.89. The van der Waals surface area contributed by atoms with E-state index in [-0.39, 0.29) is 22.9 Å². The Labute approximate surface area is 98.1 Å². The van der Waals surface area contributed by atoms with Crippen molar-refractivity contribution in [2.45, 2.75) is 18.2 Å². The van der Waals surface area contributed by atoms with Crippen LogP contribution >= 0.6 is 15.9 Å². The summed E-state index contributed by atoms with van der Waals surface area (Å²) in [6, 6.07) is 0. The van der Waals surface area contributed by atoms with Crippen LogP contribution in [0.1, 0.15) is 23.2 Å². The van der Waals surface area contributed by atoms with Gasteiger partial charge >= 0.3 is 5.97 Å². The number of hydrogen-bond donors (Lipinski definition) is 2. The van der Waals surface area contributed by atoms with Gasteiger partial charge in [0, 0.05) is 17.1 Å². The van der Waals surface area contributed by atoms with Crippen LogP contribution in [0.3, 0.4) is 0 Å². The number of carboxylic acids is 1. The quantitative estimate of drug-likeness (QED) is 0.836. The van der Waals surface area contributed by atoms with Crippen LogP contribution in [0.15, 0.2) is 6.20 Å². The lowest BCUT2D eigenvalue weighted by Gasteiger charge is -2.10. The van der Waals surface area contributed by atoms with Crippen LogP contribution in [0, 0.1) is 0 Å². The molecule has 1 aromatic heterocycles. The van der Waals surface area contributed by atoms with E-state index in [2.05, 4.69) is 20.9 Å². The Bertz CT molecular complexity index is 412. The van der Waals surface area contributed by atoms with Gasteiger partial charge in [0.15, 0.2) is 0 Å². The number of rotatable bonds is 4. The Morgan fingerprint density at radius 1 is 1.56 bits per heavy atom. The van der Waals surface area contributed by atoms with Crippen molar-refractivity contribution in [2.24, 2.45) is 0 Å². The summed E-state index contributed by atoms with van der Waals surface area (Å²) in [6.45, 7) is 0. The summed E-state index contributed by atoms with van der Waals surface area (Å²) in [4.78, 5) is 13.8. The molecule has 0 aliphatic carbocycles. The summed E-state index contributed by atoms with van der Waals surface area (Å²) in [6.07, 6.45) is -2.21. The first-order valence-electron chi connectivity index (χ1n) is 4.22. The van der Waals surface area contributed by atoms with Crippen LogP contribution in [-0.4, -0.2) is 21.2 Å². The van der Waals surface area contributed by atoms with Gasteiger partial charge in [0.2, 0.25) is 0 Å². The number of nitrogens with zero attached hydrogens (tertiary/aromatic N) is 1. The van der Waals surface area contributed by atoms with Gasteiger partial charge in [-0.2, -0.15) is 0 Å². The lowest BCUT2D eigenvalue weighted by Crippen LogP contribution is -2.06. The number of alkyl halides is 3. The standard InChI is InChI=1S/C9H8BrF2NO3/c10-2-5-4(1-6(14)15)3-13-7(8(5)16)9(11)12/h3,9,16H,1-2H2,(H,14,15). The number of carboxylic acid groups (broad SMARTS) is 1. The molecule has 0 saturated carbocycles. The van der Waals surface area contributed by atoms with E-state index in [0.717, 1.165) is 6.20 Å². The van der Waals surface area contributed by atoms with Crippen LogP contribution in [0.2, 0.25) is 0 Å². The van der Waals surface area contributed by atoms with E-state index in [1.807, 2.05) is 0 Å². The molecule has 0 spiro atoms. The number of halogens is 3. The SMILES string of the molecule is O=C(O)Cc1cnc(C(F)F)c(O)c1CBr. The van der Waals surface area contributed by atoms with Gasteiger partial charge in [0.05, 0.1) is 6.42 Å². The van der Waals surface area contributed by atoms with Crippen molar-refractivity contribution < 1.29 is 23.8 Å². The molecule has 0 radical (unpaired) electrons. The van der Waals surface area contributed by atoms with Crippen LogP contribution < -0.4 is 0 Å². The number of aromatic nitrogens is 1. The third-order valence-corrected chi connectivity index (χ3v) is 2.52. The fourth-order valence-corrected chi connectivity index (χ4v) is 1.84. The van der Waals surface area contributed by atoms with Gasteiger partial charge < -0.3 is 10.2 Å². The first kappa shape index (κ1) is 12.8. The monoisotopic (exact) mass is 295 g/mol. The molecule has 0 bridgehead atoms. The van der Waals surface area contributed by atoms with Gasteiger partial charge in [-0.05, 0) is 5.56 Å². The van der Waals surface area contributed by atoms with Gasteiger partial charge in [0.1, 0.15) is 11.4 Å². The van der Waals surface area contributed by atoms with E-state index in [1.165, 1.54) is 0 Å². The molecule has 0 atom stereocenters. The van der Waals surface area contributed by atoms with E-state index in [0.29, 0.717) is 0 Å². The maximum Gasteiger partial charge on any atom is 0.307 e. The first-order valence-corrected chi connectivity index (χ1v) is 5.35. The highest BCUT2D eigenvalue weighted by atomic mass is 79.9. The lowest BCUT2D eigenvalue weighted by molar-refractivity contribution is -0.136. The van der Waals surface area contributed by atoms with E-state index < -0.39 is 23.8 Å². The Kier molecular flexibility index (Phi) is 4.17. The predicted octanol–water partition coefficient (Wildman–Crippen LogP) is 2.25. The van der Waals surface area contributed by atoms with Gasteiger partial charge in [0.25, 0.3) is 6.43 Å². The van der Waals surface area contributed by atoms with Crippen molar-refractivity contribution in [1.29, 1.82) is 0 Å². The molecular weight excluding hydrogens is 288 g/mol. The maximum absolute atomic E-state index is 12.4. The van der Waals surface area contributed by atoms with E-state index >= 15 is 0 Å². The van der Waals surface area contributed by atoms with Crippen molar-refractivity contribution in [3.8, 4) is 5.75 Å². The minimum absolute atomic E-state index is 0.0870. The molecule has 0 aliphatic heterocycles. The molecule has 7 heteroatoms. The highest BCUT2D eigenvalue weighted by Crippen LogP contribution is 2.32. The van der Waals surface area contributed by atoms with Gasteiger partial charge in [-0.3, -0.25) is 9.78 Å². The fraction of sp³-hybridized carbons (Fsp3) is 0.333. The lowest BCUT2D eigenvalue weighted by atomic mass is 10.1. The molecule has 1 rings (SSSR count). The molecular formula is C9H8BrF2NO3. The molecule has 4 nitrogen and oxygen atoms in total. The molecule has 0 aliphatic rings. The molecule has 88 valence electrons. The second-order valence-corrected chi connectivity index (χ2v) is 3.56. The van der Waals surface area contributed by atoms with Crippen LogP contribution in [-0.2, 0) is 16.5 Å². The Balaban J connectivity index is 3.23. The molecule has 0 unspecified atom stereocenters. The van der Waals surface area contributed by atoms with Crippen LogP contribution in [0.4, 0.5) is 8.78 Å². The largest absolute Gasteiger partial charge is 0.505 e. The van der Waals surface area contributed by atoms with Crippen molar-refractivity contribution >= 4 is 21.9 Å². The third kappa shape index (κ3) is 2.66. The van der Waals surface area contributed by atoms with Crippen LogP contribution in [0.25, 0.3) is 0 Å². The molecule has 1 heterocycles. The number of aromatic hydroxyl groups is 1. The summed E-state index contributed by atoms with van der Waals surface area (Å²) in [5.74, 6) is -1.76. The summed E-state index contributed by atoms with van der Waals surface area (Å²) in [5, 5.41) is 18.2. The zero-order chi connectivity index (χ0) is 12.3. The third-order valence-electron chi connectivity index (χ3n) is 1.96. The number of carbonyl (C=O) groups is 1. The zero-order valence-electron chi connectivity index (χ0n) is 7.95. The van der Waals surface area contributed by atoms with E-state index in [9.17, 15) is 18.7 Å². The van der Waals surface area contributed by atoms with E-state index in [4.69, 9.17) is 5.11 Å². The van der Waals surface area contributed by atoms with Gasteiger partial charge in [-0.1, -0.05) is 15.9 Å². The topological polar surface area (TPSA) is 70.4 Å². The molecule has 0 saturated heterocycles. The second kappa shape index (κ2) is 5.20. The maximum atomic E-state index is 12.4. The fourth-order valence-electron chi connectivity index (χ4n) is 1.22. The molecule has 2 N–H and O–H groups in total. The molecule has 0 fully saturated rings. The number of hydrogen-bond acceptors (Lipinski definition) is 3. The summed E-state index contributed by atoms with van der Waals surface area (Å²) < 4.78 is 24.8. The van der Waals surface area contributed by atoms with Gasteiger partial charge in [-0.25, -0.2) is 8.78 Å². The summed E-state index contributed by atoms with van der Waals surface area (Å²) in [7, 11) is 0. The Hall–Kier alpha value is -1.24. The smallest absolute Gasteiger partial charge is 0.307 e. The predicted molar refractivity (Wildman–Crippen MR) is 54.8 cm³/mol. The van der Waals surface area contributed by atoms with Crippen molar-refractivity contribution in [1.82, 2.24) is 4.98 Å². The first-order chi connectivity index (χ1) is 7.47. The highest BCUT2D eigenvalue weighted by molar-refractivity contribution is 9.08.